The normalized spacial score (nSPS) is 19.7. The van der Waals surface area contributed by atoms with Crippen molar-refractivity contribution in [2.24, 2.45) is 14.1 Å². The zero-order valence-corrected chi connectivity index (χ0v) is 29.3. The average molecular weight is 728 g/mol. The van der Waals surface area contributed by atoms with Crippen LogP contribution in [0.2, 0.25) is 0 Å². The first-order chi connectivity index (χ1) is 21.4. The van der Waals surface area contributed by atoms with Crippen molar-refractivity contribution < 1.29 is 23.5 Å². The molecule has 0 bridgehead atoms. The van der Waals surface area contributed by atoms with E-state index in [1.54, 1.807) is 4.68 Å². The van der Waals surface area contributed by atoms with E-state index in [1.165, 1.54) is 0 Å². The summed E-state index contributed by atoms with van der Waals surface area (Å²) in [4.78, 5) is 0. The topological polar surface area (TPSA) is 99.6 Å². The van der Waals surface area contributed by atoms with E-state index in [2.05, 4.69) is 78.7 Å². The van der Waals surface area contributed by atoms with Crippen LogP contribution in [0.4, 0.5) is 0 Å². The highest BCUT2D eigenvalue weighted by Crippen LogP contribution is 2.38. The van der Waals surface area contributed by atoms with E-state index >= 15 is 0 Å². The molecule has 11 nitrogen and oxygen atoms in total. The molecule has 4 aromatic rings. The molecule has 6 rings (SSSR count). The third kappa shape index (κ3) is 6.46. The molecule has 3 aromatic heterocycles. The van der Waals surface area contributed by atoms with Crippen LogP contribution in [0.1, 0.15) is 70.3 Å². The van der Waals surface area contributed by atoms with Gasteiger partial charge < -0.3 is 23.5 Å². The van der Waals surface area contributed by atoms with E-state index in [0.717, 1.165) is 68.6 Å². The van der Waals surface area contributed by atoms with Gasteiger partial charge in [0, 0.05) is 26.1 Å². The molecule has 0 aliphatic carbocycles. The van der Waals surface area contributed by atoms with Crippen LogP contribution in [-0.4, -0.2) is 67.5 Å². The van der Waals surface area contributed by atoms with Crippen molar-refractivity contribution in [2.75, 3.05) is 19.8 Å². The molecule has 0 amide bonds. The molecule has 2 saturated heterocycles. The second-order valence-corrected chi connectivity index (χ2v) is 13.8. The van der Waals surface area contributed by atoms with Crippen molar-refractivity contribution in [2.45, 2.75) is 77.9 Å². The molecule has 2 fully saturated rings. The van der Waals surface area contributed by atoms with Crippen LogP contribution < -0.4 is 4.74 Å². The fourth-order valence-corrected chi connectivity index (χ4v) is 6.34. The van der Waals surface area contributed by atoms with Crippen molar-refractivity contribution in [3.05, 3.63) is 51.0 Å². The van der Waals surface area contributed by atoms with Gasteiger partial charge in [-0.1, -0.05) is 12.0 Å². The Bertz CT molecular complexity index is 1690. The van der Waals surface area contributed by atoms with Crippen LogP contribution in [-0.2, 0) is 39.5 Å². The summed E-state index contributed by atoms with van der Waals surface area (Å²) in [7, 11) is 3.36. The minimum atomic E-state index is -0.463. The summed E-state index contributed by atoms with van der Waals surface area (Å²) in [5.74, 6) is 2.63. The number of nitrogens with zero attached hydrogens (tertiary/aromatic N) is 6. The Labute approximate surface area is 278 Å². The van der Waals surface area contributed by atoms with Gasteiger partial charge in [0.05, 0.1) is 62.3 Å². The SMILES string of the molecule is Cc1nn(C)c(COCCOc2c(-c3ccc4c(c3)c(/C=C/B3OC(C)(C)C(C)(C)O3)nn4C3CCCCO3)cnn2C)c1I. The van der Waals surface area contributed by atoms with Crippen molar-refractivity contribution in [1.82, 2.24) is 29.3 Å². The molecule has 0 spiro atoms. The third-order valence-electron chi connectivity index (χ3n) is 9.01. The van der Waals surface area contributed by atoms with Gasteiger partial charge in [0.15, 0.2) is 6.23 Å². The number of halogens is 1. The fourth-order valence-electron chi connectivity index (χ4n) is 5.73. The number of ether oxygens (including phenoxy) is 3. The lowest BCUT2D eigenvalue weighted by atomic mass is 9.89. The van der Waals surface area contributed by atoms with Gasteiger partial charge in [-0.2, -0.15) is 15.3 Å². The van der Waals surface area contributed by atoms with Crippen LogP contribution in [0.15, 0.2) is 30.4 Å². The van der Waals surface area contributed by atoms with Crippen molar-refractivity contribution >= 4 is 46.7 Å². The molecule has 1 atom stereocenters. The number of hydrogen-bond acceptors (Lipinski definition) is 8. The zero-order valence-electron chi connectivity index (χ0n) is 27.2. The van der Waals surface area contributed by atoms with Gasteiger partial charge in [0.1, 0.15) is 6.61 Å². The zero-order chi connectivity index (χ0) is 31.9. The van der Waals surface area contributed by atoms with E-state index < -0.39 is 18.3 Å². The largest absolute Gasteiger partial charge is 0.487 e. The maximum absolute atomic E-state index is 6.23. The first-order valence-electron chi connectivity index (χ1n) is 15.5. The van der Waals surface area contributed by atoms with Crippen LogP contribution in [0.25, 0.3) is 28.1 Å². The predicted octanol–water partition coefficient (Wildman–Crippen LogP) is 6.02. The molecule has 1 aromatic carbocycles. The molecule has 13 heteroatoms. The highest BCUT2D eigenvalue weighted by molar-refractivity contribution is 14.1. The number of aromatic nitrogens is 6. The summed E-state index contributed by atoms with van der Waals surface area (Å²) in [6.07, 6.45) is 6.86. The van der Waals surface area contributed by atoms with Crippen LogP contribution >= 0.6 is 22.6 Å². The quantitative estimate of drug-likeness (QED) is 0.111. The van der Waals surface area contributed by atoms with Crippen molar-refractivity contribution in [1.29, 1.82) is 0 Å². The molecule has 240 valence electrons. The van der Waals surface area contributed by atoms with Gasteiger partial charge >= 0.3 is 7.12 Å². The Kier molecular flexibility index (Phi) is 9.19. The third-order valence-corrected chi connectivity index (χ3v) is 10.4. The molecule has 0 radical (unpaired) electrons. The number of aryl methyl sites for hydroxylation is 3. The summed E-state index contributed by atoms with van der Waals surface area (Å²) in [5.41, 5.74) is 4.97. The molecule has 2 aliphatic rings. The number of rotatable bonds is 10. The monoisotopic (exact) mass is 728 g/mol. The minimum Gasteiger partial charge on any atom is -0.475 e. The van der Waals surface area contributed by atoms with Crippen LogP contribution in [0, 0.1) is 10.5 Å². The summed E-state index contributed by atoms with van der Waals surface area (Å²) in [6.45, 7) is 12.3. The summed E-state index contributed by atoms with van der Waals surface area (Å²) in [6, 6.07) is 6.36. The van der Waals surface area contributed by atoms with E-state index in [1.807, 2.05) is 48.6 Å². The smallest absolute Gasteiger partial charge is 0.475 e. The average Bonchev–Trinajstić information content (AvgIpc) is 3.69. The molecule has 1 unspecified atom stereocenters. The number of fused-ring (bicyclic) bond motifs is 1. The molecule has 0 saturated carbocycles. The van der Waals surface area contributed by atoms with Crippen LogP contribution in [0.5, 0.6) is 5.88 Å². The Morgan fingerprint density at radius 2 is 1.84 bits per heavy atom. The van der Waals surface area contributed by atoms with Gasteiger partial charge in [-0.3, -0.25) is 4.68 Å². The molecule has 0 N–H and O–H groups in total. The molecule has 5 heterocycles. The number of hydrogen-bond donors (Lipinski definition) is 0. The fraction of sp³-hybridized carbons (Fsp3) is 0.531. The lowest BCUT2D eigenvalue weighted by Gasteiger charge is -2.32. The van der Waals surface area contributed by atoms with Crippen molar-refractivity contribution in [3.8, 4) is 17.0 Å². The maximum atomic E-state index is 6.23. The summed E-state index contributed by atoms with van der Waals surface area (Å²) >= 11 is 2.31. The van der Waals surface area contributed by atoms with Gasteiger partial charge in [-0.15, -0.1) is 0 Å². The Morgan fingerprint density at radius 1 is 1.07 bits per heavy atom. The summed E-state index contributed by atoms with van der Waals surface area (Å²) in [5, 5.41) is 15.0. The van der Waals surface area contributed by atoms with Crippen LogP contribution in [0.3, 0.4) is 0 Å². The predicted molar refractivity (Wildman–Crippen MR) is 182 cm³/mol. The Hall–Kier alpha value is -2.72. The molecule has 2 aliphatic heterocycles. The van der Waals surface area contributed by atoms with Gasteiger partial charge in [0.25, 0.3) is 0 Å². The minimum absolute atomic E-state index is 0.0954. The highest BCUT2D eigenvalue weighted by Gasteiger charge is 2.50. The Morgan fingerprint density at radius 3 is 2.53 bits per heavy atom. The van der Waals surface area contributed by atoms with E-state index in [9.17, 15) is 0 Å². The first-order valence-corrected chi connectivity index (χ1v) is 16.6. The Balaban J connectivity index is 1.24. The van der Waals surface area contributed by atoms with Gasteiger partial charge in [-0.05, 0) is 100 Å². The van der Waals surface area contributed by atoms with E-state index in [0.29, 0.717) is 25.7 Å². The van der Waals surface area contributed by atoms with Gasteiger partial charge in [0.2, 0.25) is 5.88 Å². The van der Waals surface area contributed by atoms with E-state index in [4.69, 9.17) is 28.6 Å². The standard InChI is InChI=1S/C32H42BIN6O5/c1-21-29(34)27(38(6)36-21)20-41-16-17-43-30-24(19-35-39(30)7)22-11-12-26-23(18-22)25(37-40(26)28-10-8-9-15-42-28)13-14-33-44-31(2,3)32(4,5)45-33/h11-14,18-19,28H,8-10,15-17,20H2,1-7H3/b14-13+. The second kappa shape index (κ2) is 12.8. The molecular formula is C32H42BIN6O5. The lowest BCUT2D eigenvalue weighted by Crippen LogP contribution is -2.41. The van der Waals surface area contributed by atoms with Crippen molar-refractivity contribution in [3.63, 3.8) is 0 Å². The maximum Gasteiger partial charge on any atom is 0.487 e. The second-order valence-electron chi connectivity index (χ2n) is 12.7. The lowest BCUT2D eigenvalue weighted by molar-refractivity contribution is -0.0367. The molecule has 45 heavy (non-hydrogen) atoms. The highest BCUT2D eigenvalue weighted by atomic mass is 127. The number of benzene rings is 1. The summed E-state index contributed by atoms with van der Waals surface area (Å²) < 4.78 is 37.5. The van der Waals surface area contributed by atoms with Gasteiger partial charge in [-0.25, -0.2) is 9.36 Å². The van der Waals surface area contributed by atoms with E-state index in [-0.39, 0.29) is 6.23 Å². The molecular weight excluding hydrogens is 686 g/mol. The first kappa shape index (κ1) is 32.2.